The first-order valence-electron chi connectivity index (χ1n) is 7.57. The predicted molar refractivity (Wildman–Crippen MR) is 82.1 cm³/mol. The largest absolute Gasteiger partial charge is 0.573 e. The van der Waals surface area contributed by atoms with Gasteiger partial charge in [-0.15, -0.1) is 13.2 Å². The molecule has 0 radical (unpaired) electrons. The van der Waals surface area contributed by atoms with E-state index in [4.69, 9.17) is 0 Å². The van der Waals surface area contributed by atoms with E-state index < -0.39 is 6.36 Å². The van der Waals surface area contributed by atoms with Crippen LogP contribution in [0.1, 0.15) is 24.1 Å². The van der Waals surface area contributed by atoms with E-state index in [0.29, 0.717) is 5.92 Å². The molecule has 0 bridgehead atoms. The lowest BCUT2D eigenvalue weighted by atomic mass is 9.91. The molecule has 122 valence electrons. The Balaban J connectivity index is 1.92. The van der Waals surface area contributed by atoms with E-state index in [-0.39, 0.29) is 11.8 Å². The van der Waals surface area contributed by atoms with Crippen molar-refractivity contribution in [1.29, 1.82) is 0 Å². The van der Waals surface area contributed by atoms with Crippen molar-refractivity contribution in [2.45, 2.75) is 19.3 Å². The Kier molecular flexibility index (Phi) is 4.31. The van der Waals surface area contributed by atoms with Crippen LogP contribution in [0.4, 0.5) is 13.2 Å². The summed E-state index contributed by atoms with van der Waals surface area (Å²) >= 11 is 0. The molecule has 0 N–H and O–H groups in total. The zero-order valence-corrected chi connectivity index (χ0v) is 12.8. The fourth-order valence-electron chi connectivity index (χ4n) is 3.09. The SMILES string of the molecule is CC1CN(C(c2ccccc2)c2cccc(OC(F)(F)F)c2)C1. The number of likely N-dealkylation sites (tertiary alicyclic amines) is 1. The van der Waals surface area contributed by atoms with Crippen LogP contribution in [-0.2, 0) is 0 Å². The lowest BCUT2D eigenvalue weighted by Gasteiger charge is -2.43. The zero-order valence-electron chi connectivity index (χ0n) is 12.8. The maximum atomic E-state index is 12.5. The van der Waals surface area contributed by atoms with Crippen LogP contribution in [0.15, 0.2) is 54.6 Å². The van der Waals surface area contributed by atoms with Crippen molar-refractivity contribution >= 4 is 0 Å². The summed E-state index contributed by atoms with van der Waals surface area (Å²) in [6, 6.07) is 16.1. The van der Waals surface area contributed by atoms with Gasteiger partial charge in [0.1, 0.15) is 5.75 Å². The van der Waals surface area contributed by atoms with Gasteiger partial charge in [0.05, 0.1) is 6.04 Å². The van der Waals surface area contributed by atoms with Gasteiger partial charge in [0, 0.05) is 13.1 Å². The summed E-state index contributed by atoms with van der Waals surface area (Å²) in [6.45, 7) is 4.04. The predicted octanol–water partition coefficient (Wildman–Crippen LogP) is 4.63. The lowest BCUT2D eigenvalue weighted by molar-refractivity contribution is -0.274. The molecule has 0 spiro atoms. The second kappa shape index (κ2) is 6.24. The molecule has 5 heteroatoms. The third-order valence-corrected chi connectivity index (χ3v) is 3.98. The van der Waals surface area contributed by atoms with E-state index in [2.05, 4.69) is 16.6 Å². The number of halogens is 3. The van der Waals surface area contributed by atoms with Crippen LogP contribution in [-0.4, -0.2) is 24.4 Å². The monoisotopic (exact) mass is 321 g/mol. The number of rotatable bonds is 4. The average molecular weight is 321 g/mol. The molecule has 1 heterocycles. The first kappa shape index (κ1) is 15.9. The second-order valence-corrected chi connectivity index (χ2v) is 5.99. The van der Waals surface area contributed by atoms with Crippen molar-refractivity contribution < 1.29 is 17.9 Å². The number of nitrogens with zero attached hydrogens (tertiary/aromatic N) is 1. The average Bonchev–Trinajstić information content (AvgIpc) is 2.45. The summed E-state index contributed by atoms with van der Waals surface area (Å²) in [6.07, 6.45) is -4.67. The van der Waals surface area contributed by atoms with Crippen LogP contribution in [0.2, 0.25) is 0 Å². The maximum Gasteiger partial charge on any atom is 0.573 e. The highest BCUT2D eigenvalue weighted by molar-refractivity contribution is 5.37. The van der Waals surface area contributed by atoms with E-state index in [1.807, 2.05) is 36.4 Å². The summed E-state index contributed by atoms with van der Waals surface area (Å²) < 4.78 is 41.4. The lowest BCUT2D eigenvalue weighted by Crippen LogP contribution is -2.47. The minimum absolute atomic E-state index is 0.0517. The highest BCUT2D eigenvalue weighted by Crippen LogP contribution is 2.36. The van der Waals surface area contributed by atoms with Gasteiger partial charge in [-0.05, 0) is 29.2 Å². The molecular formula is C18H18F3NO. The van der Waals surface area contributed by atoms with Gasteiger partial charge < -0.3 is 4.74 Å². The van der Waals surface area contributed by atoms with Crippen LogP contribution in [0.5, 0.6) is 5.75 Å². The molecule has 1 fully saturated rings. The van der Waals surface area contributed by atoms with Crippen LogP contribution < -0.4 is 4.74 Å². The van der Waals surface area contributed by atoms with E-state index in [9.17, 15) is 13.2 Å². The quantitative estimate of drug-likeness (QED) is 0.814. The third-order valence-electron chi connectivity index (χ3n) is 3.98. The summed E-state index contributed by atoms with van der Waals surface area (Å²) in [5.41, 5.74) is 1.88. The molecule has 1 aliphatic heterocycles. The maximum absolute atomic E-state index is 12.5. The smallest absolute Gasteiger partial charge is 0.406 e. The molecule has 2 aromatic rings. The number of alkyl halides is 3. The van der Waals surface area contributed by atoms with E-state index >= 15 is 0 Å². The van der Waals surface area contributed by atoms with Gasteiger partial charge in [-0.1, -0.05) is 49.4 Å². The minimum atomic E-state index is -4.67. The molecule has 1 unspecified atom stereocenters. The highest BCUT2D eigenvalue weighted by Gasteiger charge is 2.33. The van der Waals surface area contributed by atoms with E-state index in [1.54, 1.807) is 6.07 Å². The van der Waals surface area contributed by atoms with Crippen molar-refractivity contribution in [2.75, 3.05) is 13.1 Å². The molecule has 0 amide bonds. The molecule has 0 saturated carbocycles. The third kappa shape index (κ3) is 3.85. The molecule has 0 aromatic heterocycles. The second-order valence-electron chi connectivity index (χ2n) is 5.99. The summed E-state index contributed by atoms with van der Waals surface area (Å²) in [5.74, 6) is 0.431. The van der Waals surface area contributed by atoms with Gasteiger partial charge in [-0.25, -0.2) is 0 Å². The van der Waals surface area contributed by atoms with E-state index in [0.717, 1.165) is 24.2 Å². The summed E-state index contributed by atoms with van der Waals surface area (Å²) in [4.78, 5) is 2.27. The first-order chi connectivity index (χ1) is 10.9. The Hall–Kier alpha value is -2.01. The van der Waals surface area contributed by atoms with Gasteiger partial charge in [0.2, 0.25) is 0 Å². The molecule has 1 aliphatic rings. The first-order valence-corrected chi connectivity index (χ1v) is 7.57. The summed E-state index contributed by atoms with van der Waals surface area (Å²) in [5, 5.41) is 0. The molecule has 2 aromatic carbocycles. The zero-order chi connectivity index (χ0) is 16.4. The van der Waals surface area contributed by atoms with Crippen LogP contribution in [0.25, 0.3) is 0 Å². The molecule has 0 aliphatic carbocycles. The van der Waals surface area contributed by atoms with Crippen LogP contribution in [0, 0.1) is 5.92 Å². The van der Waals surface area contributed by atoms with Crippen LogP contribution >= 0.6 is 0 Å². The van der Waals surface area contributed by atoms with E-state index in [1.165, 1.54) is 12.1 Å². The van der Waals surface area contributed by atoms with Crippen LogP contribution in [0.3, 0.4) is 0 Å². The molecule has 1 saturated heterocycles. The number of benzene rings is 2. The minimum Gasteiger partial charge on any atom is -0.406 e. The highest BCUT2D eigenvalue weighted by atomic mass is 19.4. The fourth-order valence-corrected chi connectivity index (χ4v) is 3.09. The normalized spacial score (nSPS) is 17.6. The molecular weight excluding hydrogens is 303 g/mol. The molecule has 3 rings (SSSR count). The summed E-state index contributed by atoms with van der Waals surface area (Å²) in [7, 11) is 0. The number of hydrogen-bond donors (Lipinski definition) is 0. The number of ether oxygens (including phenoxy) is 1. The molecule has 1 atom stereocenters. The topological polar surface area (TPSA) is 12.5 Å². The standard InChI is InChI=1S/C18H18F3NO/c1-13-11-22(12-13)17(14-6-3-2-4-7-14)15-8-5-9-16(10-15)23-18(19,20)21/h2-10,13,17H,11-12H2,1H3. The molecule has 2 nitrogen and oxygen atoms in total. The van der Waals surface area contributed by atoms with Crippen molar-refractivity contribution in [3.8, 4) is 5.75 Å². The van der Waals surface area contributed by atoms with Gasteiger partial charge in [-0.3, -0.25) is 4.90 Å². The van der Waals surface area contributed by atoms with Gasteiger partial charge >= 0.3 is 6.36 Å². The Bertz CT molecular complexity index is 651. The van der Waals surface area contributed by atoms with Crippen molar-refractivity contribution in [2.24, 2.45) is 5.92 Å². The Morgan fingerprint density at radius 3 is 2.26 bits per heavy atom. The van der Waals surface area contributed by atoms with Crippen molar-refractivity contribution in [3.05, 3.63) is 65.7 Å². The van der Waals surface area contributed by atoms with Gasteiger partial charge in [0.25, 0.3) is 0 Å². The fraction of sp³-hybridized carbons (Fsp3) is 0.333. The number of hydrogen-bond acceptors (Lipinski definition) is 2. The van der Waals surface area contributed by atoms with Gasteiger partial charge in [0.15, 0.2) is 0 Å². The Labute approximate surface area is 133 Å². The Morgan fingerprint density at radius 2 is 1.65 bits per heavy atom. The van der Waals surface area contributed by atoms with Crippen molar-refractivity contribution in [1.82, 2.24) is 4.90 Å². The molecule has 23 heavy (non-hydrogen) atoms. The Morgan fingerprint density at radius 1 is 1.00 bits per heavy atom. The van der Waals surface area contributed by atoms with Crippen molar-refractivity contribution in [3.63, 3.8) is 0 Å². The van der Waals surface area contributed by atoms with Gasteiger partial charge in [-0.2, -0.15) is 0 Å².